The van der Waals surface area contributed by atoms with Gasteiger partial charge in [-0.15, -0.1) is 0 Å². The molecule has 6 nitrogen and oxygen atoms in total. The fourth-order valence-corrected chi connectivity index (χ4v) is 4.34. The minimum Gasteiger partial charge on any atom is -0.381 e. The van der Waals surface area contributed by atoms with Gasteiger partial charge < -0.3 is 19.5 Å². The van der Waals surface area contributed by atoms with Gasteiger partial charge in [0.2, 0.25) is 5.91 Å². The highest BCUT2D eigenvalue weighted by atomic mass is 16.5. The van der Waals surface area contributed by atoms with Crippen LogP contribution in [-0.4, -0.2) is 52.7 Å². The third kappa shape index (κ3) is 4.45. The molecule has 3 heterocycles. The van der Waals surface area contributed by atoms with Crippen LogP contribution in [0.2, 0.25) is 0 Å². The Kier molecular flexibility index (Phi) is 6.07. The maximum absolute atomic E-state index is 12.6. The van der Waals surface area contributed by atoms with Crippen molar-refractivity contribution in [2.24, 2.45) is 5.92 Å². The molecule has 6 heteroatoms. The van der Waals surface area contributed by atoms with E-state index in [-0.39, 0.29) is 11.8 Å². The number of carbonyl (C=O) groups excluding carboxylic acids is 1. The summed E-state index contributed by atoms with van der Waals surface area (Å²) in [6.45, 7) is 6.39. The Morgan fingerprint density at radius 2 is 1.86 bits per heavy atom. The molecule has 2 aliphatic rings. The minimum atomic E-state index is 0.143. The third-order valence-electron chi connectivity index (χ3n) is 6.11. The van der Waals surface area contributed by atoms with E-state index < -0.39 is 0 Å². The number of nitrogens with zero attached hydrogens (tertiary/aromatic N) is 3. The van der Waals surface area contributed by atoms with E-state index in [0.29, 0.717) is 12.6 Å². The van der Waals surface area contributed by atoms with Gasteiger partial charge >= 0.3 is 0 Å². The maximum atomic E-state index is 12.6. The molecule has 0 radical (unpaired) electrons. The van der Waals surface area contributed by atoms with Crippen LogP contribution in [0.5, 0.6) is 0 Å². The second-order valence-electron chi connectivity index (χ2n) is 7.88. The van der Waals surface area contributed by atoms with Crippen molar-refractivity contribution in [3.63, 3.8) is 0 Å². The molecule has 2 aromatic rings. The number of nitrogens with one attached hydrogen (secondary N) is 1. The Hall–Kier alpha value is -2.18. The molecule has 2 saturated heterocycles. The summed E-state index contributed by atoms with van der Waals surface area (Å²) in [6.07, 6.45) is 7.94. The molecule has 1 amide bonds. The number of hydrogen-bond donors (Lipinski definition) is 1. The lowest BCUT2D eigenvalue weighted by molar-refractivity contribution is -0.127. The number of ether oxygens (including phenoxy) is 1. The number of benzene rings is 1. The number of aryl methyl sites for hydroxylation is 1. The second kappa shape index (κ2) is 8.88. The maximum Gasteiger partial charge on any atom is 0.223 e. The number of amides is 1. The lowest BCUT2D eigenvalue weighted by atomic mass is 9.93. The van der Waals surface area contributed by atoms with Gasteiger partial charge in [0.25, 0.3) is 0 Å². The monoisotopic (exact) mass is 382 g/mol. The van der Waals surface area contributed by atoms with Crippen molar-refractivity contribution in [3.8, 4) is 5.69 Å². The average molecular weight is 383 g/mol. The molecule has 0 spiro atoms. The highest BCUT2D eigenvalue weighted by molar-refractivity contribution is 5.78. The van der Waals surface area contributed by atoms with Crippen LogP contribution in [0.25, 0.3) is 5.69 Å². The van der Waals surface area contributed by atoms with Gasteiger partial charge in [-0.25, -0.2) is 4.98 Å². The van der Waals surface area contributed by atoms with Crippen LogP contribution in [0, 0.1) is 12.8 Å². The summed E-state index contributed by atoms with van der Waals surface area (Å²) in [6, 6.07) is 8.94. The zero-order valence-corrected chi connectivity index (χ0v) is 16.6. The molecule has 4 rings (SSSR count). The molecule has 0 bridgehead atoms. The van der Waals surface area contributed by atoms with E-state index in [9.17, 15) is 4.79 Å². The summed E-state index contributed by atoms with van der Waals surface area (Å²) in [5.74, 6) is 1.30. The molecule has 1 N–H and O–H groups in total. The van der Waals surface area contributed by atoms with Crippen molar-refractivity contribution >= 4 is 5.91 Å². The Balaban J connectivity index is 1.24. The normalized spacial score (nSPS) is 19.6. The molecule has 0 saturated carbocycles. The zero-order valence-electron chi connectivity index (χ0n) is 16.6. The third-order valence-corrected chi connectivity index (χ3v) is 6.11. The van der Waals surface area contributed by atoms with Crippen LogP contribution in [0.3, 0.4) is 0 Å². The van der Waals surface area contributed by atoms with Gasteiger partial charge in [0.05, 0.1) is 0 Å². The largest absolute Gasteiger partial charge is 0.381 e. The van der Waals surface area contributed by atoms with Gasteiger partial charge in [-0.3, -0.25) is 4.79 Å². The molecule has 0 aliphatic carbocycles. The summed E-state index contributed by atoms with van der Waals surface area (Å²) in [4.78, 5) is 19.4. The lowest BCUT2D eigenvalue weighted by Crippen LogP contribution is -2.46. The summed E-state index contributed by atoms with van der Waals surface area (Å²) >= 11 is 0. The van der Waals surface area contributed by atoms with E-state index in [1.165, 1.54) is 0 Å². The van der Waals surface area contributed by atoms with E-state index in [1.54, 1.807) is 6.20 Å². The number of likely N-dealkylation sites (tertiary alicyclic amines) is 1. The highest BCUT2D eigenvalue weighted by Gasteiger charge is 2.29. The lowest BCUT2D eigenvalue weighted by Gasteiger charge is -2.38. The van der Waals surface area contributed by atoms with Crippen LogP contribution in [-0.2, 0) is 16.1 Å². The predicted octanol–water partition coefficient (Wildman–Crippen LogP) is 2.69. The minimum absolute atomic E-state index is 0.143. The number of hydrogen-bond acceptors (Lipinski definition) is 4. The number of carbonyl (C=O) groups is 1. The van der Waals surface area contributed by atoms with Gasteiger partial charge in [0.1, 0.15) is 5.82 Å². The van der Waals surface area contributed by atoms with Crippen molar-refractivity contribution < 1.29 is 9.53 Å². The molecule has 1 aromatic carbocycles. The first-order valence-electron chi connectivity index (χ1n) is 10.4. The van der Waals surface area contributed by atoms with Gasteiger partial charge in [0, 0.05) is 49.8 Å². The second-order valence-corrected chi connectivity index (χ2v) is 7.88. The van der Waals surface area contributed by atoms with Crippen LogP contribution in [0.1, 0.15) is 37.1 Å². The summed E-state index contributed by atoms with van der Waals surface area (Å²) in [5.41, 5.74) is 2.21. The highest BCUT2D eigenvalue weighted by Crippen LogP contribution is 2.23. The number of rotatable bonds is 5. The first-order chi connectivity index (χ1) is 13.7. The van der Waals surface area contributed by atoms with Crippen LogP contribution in [0.15, 0.2) is 36.7 Å². The van der Waals surface area contributed by atoms with Crippen LogP contribution in [0.4, 0.5) is 0 Å². The first-order valence-corrected chi connectivity index (χ1v) is 10.4. The van der Waals surface area contributed by atoms with Crippen molar-refractivity contribution in [1.82, 2.24) is 19.8 Å². The number of imidazole rings is 1. The summed E-state index contributed by atoms with van der Waals surface area (Å²) in [7, 11) is 0. The zero-order chi connectivity index (χ0) is 19.3. The molecule has 1 aromatic heterocycles. The molecular weight excluding hydrogens is 352 g/mol. The molecule has 150 valence electrons. The van der Waals surface area contributed by atoms with E-state index in [1.807, 2.05) is 13.1 Å². The van der Waals surface area contributed by atoms with Crippen molar-refractivity contribution in [2.45, 2.75) is 45.2 Å². The summed E-state index contributed by atoms with van der Waals surface area (Å²) < 4.78 is 7.51. The standard InChI is InChI=1S/C22H30N4O2/c1-17-23-10-13-26(17)21-4-2-18(3-5-21)16-24-22(27)19-6-11-25(12-7-19)20-8-14-28-15-9-20/h2-5,10,13,19-20H,6-9,11-12,14-16H2,1H3,(H,24,27). The Bertz CT molecular complexity index is 772. The molecule has 28 heavy (non-hydrogen) atoms. The van der Waals surface area contributed by atoms with Crippen molar-refractivity contribution in [3.05, 3.63) is 48.0 Å². The molecule has 0 atom stereocenters. The van der Waals surface area contributed by atoms with E-state index in [4.69, 9.17) is 4.74 Å². The molecule has 0 unspecified atom stereocenters. The van der Waals surface area contributed by atoms with Gasteiger partial charge in [-0.1, -0.05) is 12.1 Å². The average Bonchev–Trinajstić information content (AvgIpc) is 3.19. The Labute approximate surface area is 166 Å². The van der Waals surface area contributed by atoms with Crippen LogP contribution >= 0.6 is 0 Å². The SMILES string of the molecule is Cc1nccn1-c1ccc(CNC(=O)C2CCN(C3CCOCC3)CC2)cc1. The number of piperidine rings is 1. The quantitative estimate of drug-likeness (QED) is 0.864. The first kappa shape index (κ1) is 19.2. The molecule has 2 aliphatic heterocycles. The summed E-state index contributed by atoms with van der Waals surface area (Å²) in [5, 5.41) is 3.13. The molecular formula is C22H30N4O2. The van der Waals surface area contributed by atoms with E-state index in [0.717, 1.165) is 69.1 Å². The van der Waals surface area contributed by atoms with Crippen LogP contribution < -0.4 is 5.32 Å². The predicted molar refractivity (Wildman–Crippen MR) is 108 cm³/mol. The van der Waals surface area contributed by atoms with Gasteiger partial charge in [-0.05, 0) is 63.4 Å². The smallest absolute Gasteiger partial charge is 0.223 e. The Morgan fingerprint density at radius 3 is 2.50 bits per heavy atom. The van der Waals surface area contributed by atoms with Gasteiger partial charge in [-0.2, -0.15) is 0 Å². The van der Waals surface area contributed by atoms with Crippen molar-refractivity contribution in [2.75, 3.05) is 26.3 Å². The Morgan fingerprint density at radius 1 is 1.14 bits per heavy atom. The fraction of sp³-hybridized carbons (Fsp3) is 0.545. The van der Waals surface area contributed by atoms with E-state index in [2.05, 4.69) is 44.0 Å². The van der Waals surface area contributed by atoms with Crippen molar-refractivity contribution in [1.29, 1.82) is 0 Å². The number of aromatic nitrogens is 2. The van der Waals surface area contributed by atoms with E-state index >= 15 is 0 Å². The van der Waals surface area contributed by atoms with Gasteiger partial charge in [0.15, 0.2) is 0 Å². The molecule has 2 fully saturated rings. The fourth-order valence-electron chi connectivity index (χ4n) is 4.34. The topological polar surface area (TPSA) is 59.4 Å².